The number of hydrogen-bond donors (Lipinski definition) is 2. The zero-order chi connectivity index (χ0) is 28.3. The lowest BCUT2D eigenvalue weighted by molar-refractivity contribution is -0.124. The monoisotopic (exact) mass is 581 g/mol. The Labute approximate surface area is 245 Å². The van der Waals surface area contributed by atoms with E-state index in [1.54, 1.807) is 25.1 Å². The molecule has 8 heteroatoms. The van der Waals surface area contributed by atoms with Crippen molar-refractivity contribution >= 4 is 35.0 Å². The largest absolute Gasteiger partial charge is 0.355 e. The Bertz CT molecular complexity index is 1360. The first-order chi connectivity index (χ1) is 19.2. The van der Waals surface area contributed by atoms with Gasteiger partial charge in [0.15, 0.2) is 0 Å². The van der Waals surface area contributed by atoms with Crippen molar-refractivity contribution in [3.8, 4) is 0 Å². The summed E-state index contributed by atoms with van der Waals surface area (Å²) < 4.78 is 13.3. The second kappa shape index (κ2) is 11.9. The highest BCUT2D eigenvalue weighted by Crippen LogP contribution is 2.56. The van der Waals surface area contributed by atoms with Crippen LogP contribution >= 0.6 is 23.2 Å². The molecule has 5 rings (SSSR count). The Morgan fingerprint density at radius 1 is 0.950 bits per heavy atom. The third-order valence-corrected chi connectivity index (χ3v) is 9.23. The summed E-state index contributed by atoms with van der Waals surface area (Å²) in [5.74, 6) is -0.203. The number of nitrogens with one attached hydrogen (secondary N) is 2. The van der Waals surface area contributed by atoms with Gasteiger partial charge in [-0.25, -0.2) is 4.39 Å². The van der Waals surface area contributed by atoms with Gasteiger partial charge in [-0.3, -0.25) is 9.59 Å². The summed E-state index contributed by atoms with van der Waals surface area (Å²) >= 11 is 12.6. The topological polar surface area (TPSA) is 61.4 Å². The maximum Gasteiger partial charge on any atom is 0.231 e. The molecule has 2 N–H and O–H groups in total. The Morgan fingerprint density at radius 2 is 1.65 bits per heavy atom. The number of halogens is 3. The lowest BCUT2D eigenvalue weighted by atomic mass is 9.80. The molecule has 1 saturated carbocycles. The highest BCUT2D eigenvalue weighted by atomic mass is 35.5. The molecule has 0 aromatic heterocycles. The summed E-state index contributed by atoms with van der Waals surface area (Å²) in [6.45, 7) is 4.43. The van der Waals surface area contributed by atoms with Crippen LogP contribution in [0, 0.1) is 11.7 Å². The zero-order valence-electron chi connectivity index (χ0n) is 22.6. The maximum absolute atomic E-state index is 13.7. The first kappa shape index (κ1) is 28.6. The number of carbonyl (C=O) groups is 2. The molecule has 0 bridgehead atoms. The fraction of sp³-hybridized carbons (Fsp3) is 0.375. The first-order valence-corrected chi connectivity index (χ1v) is 14.5. The Kier molecular flexibility index (Phi) is 8.50. The van der Waals surface area contributed by atoms with Crippen LogP contribution in [0.5, 0.6) is 0 Å². The minimum absolute atomic E-state index is 0.0214. The summed E-state index contributed by atoms with van der Waals surface area (Å²) in [4.78, 5) is 28.2. The van der Waals surface area contributed by atoms with Gasteiger partial charge in [0, 0.05) is 33.1 Å². The van der Waals surface area contributed by atoms with Crippen molar-refractivity contribution in [1.29, 1.82) is 0 Å². The van der Waals surface area contributed by atoms with Crippen molar-refractivity contribution in [1.82, 2.24) is 15.5 Å². The predicted octanol–water partition coefficient (Wildman–Crippen LogP) is 5.88. The number of piperidine rings is 1. The second-order valence-corrected chi connectivity index (χ2v) is 11.9. The van der Waals surface area contributed by atoms with Crippen LogP contribution in [0.15, 0.2) is 72.8 Å². The molecule has 5 nitrogen and oxygen atoms in total. The summed E-state index contributed by atoms with van der Waals surface area (Å²) in [6, 6.07) is 22.0. The van der Waals surface area contributed by atoms with E-state index in [4.69, 9.17) is 23.2 Å². The maximum atomic E-state index is 13.7. The molecule has 2 amide bonds. The van der Waals surface area contributed by atoms with Gasteiger partial charge in [0.1, 0.15) is 5.82 Å². The predicted molar refractivity (Wildman–Crippen MR) is 157 cm³/mol. The van der Waals surface area contributed by atoms with Crippen LogP contribution in [-0.2, 0) is 27.0 Å². The van der Waals surface area contributed by atoms with Crippen molar-refractivity contribution < 1.29 is 14.0 Å². The molecule has 40 heavy (non-hydrogen) atoms. The summed E-state index contributed by atoms with van der Waals surface area (Å²) in [7, 11) is 0. The molecule has 1 aliphatic heterocycles. The van der Waals surface area contributed by atoms with Crippen molar-refractivity contribution in [2.24, 2.45) is 5.92 Å². The van der Waals surface area contributed by atoms with Crippen molar-refractivity contribution in [2.75, 3.05) is 26.2 Å². The fourth-order valence-electron chi connectivity index (χ4n) is 6.22. The molecule has 2 atom stereocenters. The number of amides is 2. The summed E-state index contributed by atoms with van der Waals surface area (Å²) in [5, 5.41) is 7.26. The highest BCUT2D eigenvalue weighted by molar-refractivity contribution is 6.42. The molecule has 0 radical (unpaired) electrons. The van der Waals surface area contributed by atoms with E-state index in [1.165, 1.54) is 12.1 Å². The fourth-order valence-corrected chi connectivity index (χ4v) is 6.52. The van der Waals surface area contributed by atoms with Crippen LogP contribution in [0.3, 0.4) is 0 Å². The van der Waals surface area contributed by atoms with Gasteiger partial charge in [0.25, 0.3) is 0 Å². The average molecular weight is 583 g/mol. The van der Waals surface area contributed by atoms with Gasteiger partial charge in [-0.1, -0.05) is 71.7 Å². The van der Waals surface area contributed by atoms with Crippen molar-refractivity contribution in [3.05, 3.63) is 105 Å². The van der Waals surface area contributed by atoms with E-state index in [2.05, 4.69) is 27.7 Å². The molecule has 210 valence electrons. The van der Waals surface area contributed by atoms with Crippen LogP contribution in [0.4, 0.5) is 4.39 Å². The SMILES string of the molecule is CC(=O)NC1(c2ccccc2)CCN(C[C@@H]2C[C@@]2(C(=O)NCCc2ccc(F)cc2)c2ccc(Cl)c(Cl)c2)CC1. The lowest BCUT2D eigenvalue weighted by Crippen LogP contribution is -2.53. The molecule has 0 spiro atoms. The van der Waals surface area contributed by atoms with E-state index < -0.39 is 5.41 Å². The van der Waals surface area contributed by atoms with Gasteiger partial charge in [-0.15, -0.1) is 0 Å². The Balaban J connectivity index is 1.28. The second-order valence-electron chi connectivity index (χ2n) is 11.1. The Morgan fingerprint density at radius 3 is 2.30 bits per heavy atom. The molecule has 0 unspecified atom stereocenters. The van der Waals surface area contributed by atoms with Crippen LogP contribution < -0.4 is 10.6 Å². The molecule has 1 aliphatic carbocycles. The minimum atomic E-state index is -0.678. The smallest absolute Gasteiger partial charge is 0.231 e. The molecular weight excluding hydrogens is 548 g/mol. The first-order valence-electron chi connectivity index (χ1n) is 13.8. The number of likely N-dealkylation sites (tertiary alicyclic amines) is 1. The minimum Gasteiger partial charge on any atom is -0.355 e. The molecular formula is C32H34Cl2FN3O2. The van der Waals surface area contributed by atoms with E-state index in [9.17, 15) is 14.0 Å². The van der Waals surface area contributed by atoms with Crippen LogP contribution in [0.2, 0.25) is 10.0 Å². The van der Waals surface area contributed by atoms with E-state index in [-0.39, 0.29) is 29.1 Å². The third kappa shape index (κ3) is 6.04. The van der Waals surface area contributed by atoms with Gasteiger partial charge in [0.2, 0.25) is 11.8 Å². The number of benzene rings is 3. The van der Waals surface area contributed by atoms with Crippen LogP contribution in [0.25, 0.3) is 0 Å². The number of nitrogens with zero attached hydrogens (tertiary/aromatic N) is 1. The lowest BCUT2D eigenvalue weighted by Gasteiger charge is -2.43. The third-order valence-electron chi connectivity index (χ3n) is 8.49. The van der Waals surface area contributed by atoms with Crippen LogP contribution in [-0.4, -0.2) is 42.9 Å². The molecule has 1 saturated heterocycles. The molecule has 1 heterocycles. The average Bonchev–Trinajstić information content (AvgIpc) is 3.67. The molecule has 3 aromatic carbocycles. The normalized spacial score (nSPS) is 21.9. The number of hydrogen-bond acceptors (Lipinski definition) is 3. The van der Waals surface area contributed by atoms with Gasteiger partial charge in [-0.2, -0.15) is 0 Å². The van der Waals surface area contributed by atoms with E-state index in [0.717, 1.165) is 55.6 Å². The van der Waals surface area contributed by atoms with Crippen molar-refractivity contribution in [2.45, 2.75) is 43.6 Å². The van der Waals surface area contributed by atoms with E-state index in [0.29, 0.717) is 23.0 Å². The van der Waals surface area contributed by atoms with Gasteiger partial charge in [-0.05, 0) is 72.6 Å². The summed E-state index contributed by atoms with van der Waals surface area (Å²) in [5.41, 5.74) is 1.91. The van der Waals surface area contributed by atoms with Gasteiger partial charge in [0.05, 0.1) is 21.0 Å². The zero-order valence-corrected chi connectivity index (χ0v) is 24.1. The summed E-state index contributed by atoms with van der Waals surface area (Å²) in [6.07, 6.45) is 2.93. The quantitative estimate of drug-likeness (QED) is 0.332. The van der Waals surface area contributed by atoms with E-state index >= 15 is 0 Å². The van der Waals surface area contributed by atoms with Crippen molar-refractivity contribution in [3.63, 3.8) is 0 Å². The van der Waals surface area contributed by atoms with Crippen LogP contribution in [0.1, 0.15) is 42.9 Å². The number of carbonyl (C=O) groups excluding carboxylic acids is 2. The Hall–Kier alpha value is -2.93. The van der Waals surface area contributed by atoms with Gasteiger partial charge >= 0.3 is 0 Å². The molecule has 3 aromatic rings. The highest BCUT2D eigenvalue weighted by Gasteiger charge is 2.61. The molecule has 2 aliphatic rings. The number of rotatable bonds is 9. The molecule has 2 fully saturated rings. The standard InChI is InChI=1S/C32H34Cl2FN3O2/c1-22(39)37-31(24-5-3-2-4-6-24)14-17-38(18-15-31)21-26-20-32(26,25-9-12-28(33)29(34)19-25)30(40)36-16-13-23-7-10-27(35)11-8-23/h2-12,19,26H,13-18,20-21H2,1H3,(H,36,40)(H,37,39)/t26-,32+/m0/s1. The van der Waals surface area contributed by atoms with E-state index in [1.807, 2.05) is 30.3 Å². The van der Waals surface area contributed by atoms with Gasteiger partial charge < -0.3 is 15.5 Å².